The first-order valence-corrected chi connectivity index (χ1v) is 47.8. The Morgan fingerprint density at radius 1 is 0.288 bits per heavy atom. The Morgan fingerprint density at radius 3 is 0.847 bits per heavy atom. The van der Waals surface area contributed by atoms with Crippen molar-refractivity contribution >= 4 is 140 Å². The zero-order valence-electron chi connectivity index (χ0n) is 73.2. The van der Waals surface area contributed by atoms with Gasteiger partial charge in [0.1, 0.15) is 0 Å². The molecule has 0 saturated carbocycles. The zero-order valence-corrected chi connectivity index (χ0v) is 79.6. The van der Waals surface area contributed by atoms with Crippen molar-refractivity contribution in [1.82, 2.24) is 0 Å². The molecule has 7 nitrogen and oxygen atoms in total. The van der Waals surface area contributed by atoms with Crippen LogP contribution in [0.4, 0.5) is 51.2 Å². The van der Waals surface area contributed by atoms with Crippen molar-refractivity contribution in [1.29, 1.82) is 0 Å². The van der Waals surface area contributed by atoms with Crippen LogP contribution in [0.25, 0.3) is 11.1 Å². The molecule has 10 aromatic rings. The number of aryl methyl sites for hydroxylation is 6. The lowest BCUT2D eigenvalue weighted by Gasteiger charge is -2.35. The maximum absolute atomic E-state index is 6.56. The summed E-state index contributed by atoms with van der Waals surface area (Å²) in [4.78, 5) is 7.21. The molecule has 2 saturated heterocycles. The van der Waals surface area contributed by atoms with Crippen LogP contribution in [-0.4, -0.2) is 36.6 Å². The van der Waals surface area contributed by atoms with Gasteiger partial charge < -0.3 is 33.3 Å². The van der Waals surface area contributed by atoms with Gasteiger partial charge in [0.2, 0.25) is 0 Å². The molecule has 2 aliphatic carbocycles. The summed E-state index contributed by atoms with van der Waals surface area (Å²) in [6.45, 7) is 30.6. The Morgan fingerprint density at radius 2 is 0.551 bits per heavy atom. The zero-order chi connectivity index (χ0) is 83.8. The molecule has 2 heterocycles. The van der Waals surface area contributed by atoms with Crippen LogP contribution >= 0.6 is 63.7 Å². The number of unbranched alkanes of at least 4 members (excludes halogenated alkanes) is 16. The van der Waals surface area contributed by atoms with Crippen LogP contribution in [0, 0.1) is 13.8 Å². The normalized spacial score (nSPS) is 15.4. The first kappa shape index (κ1) is 90.7. The highest BCUT2D eigenvalue weighted by Gasteiger charge is 2.55. The minimum Gasteiger partial charge on any atom is -0.399 e. The largest absolute Gasteiger partial charge is 0.495 e. The van der Waals surface area contributed by atoms with Crippen LogP contribution in [0.2, 0.25) is 0 Å². The second-order valence-corrected chi connectivity index (χ2v) is 39.3. The quantitative estimate of drug-likeness (QED) is 0.0290. The first-order valence-electron chi connectivity index (χ1n) is 44.6. The standard InChI is InChI=1S/C55H62Br2N2.C30H52B2O4.C20H15Br2N/c1-5-7-9-11-13-15-37-55(38-16-14-12-10-8-6-2)53-39-49(58(45-25-17-41(3)18-26-45)47-29-21-43(56)22-30-47)33-35-51(53)52-36-34-50(40-54(52)55)59(46-27-19-42(4)20-28-46)48-31-23-44(57)24-32-48;1-11-13-15-17-19-23-21-26(32-35-29(7,8)30(9,10)36-32)24(20-18-16-14-12-2)22-25(23)31-33-27(3,4)28(5,6)34-31;21-16-4-9-18(10-5-16)23(19-11-6-17(22)7-12-19)20-8-3-14-1-2-15(14)13-20/h17-36,39-40H,5-16,37-38H2,1-4H3;21-22H,11-20H2,1-10H3;3-13H,1-2H2. The first-order chi connectivity index (χ1) is 56.8. The van der Waals surface area contributed by atoms with E-state index in [0.717, 1.165) is 66.3 Å². The molecule has 0 amide bonds. The highest BCUT2D eigenvalue weighted by molar-refractivity contribution is 9.11. The van der Waals surface area contributed by atoms with Gasteiger partial charge in [-0.05, 0) is 334 Å². The number of fused-ring (bicyclic) bond motifs is 4. The van der Waals surface area contributed by atoms with Crippen molar-refractivity contribution < 1.29 is 18.6 Å². The minimum absolute atomic E-state index is 0.0937. The Kier molecular flexibility index (Phi) is 32.0. The van der Waals surface area contributed by atoms with Gasteiger partial charge in [-0.3, -0.25) is 0 Å². The predicted octanol–water partition coefficient (Wildman–Crippen LogP) is 31.8. The molecule has 0 N–H and O–H groups in total. The maximum Gasteiger partial charge on any atom is 0.495 e. The monoisotopic (exact) mass is 1830 g/mol. The van der Waals surface area contributed by atoms with Crippen molar-refractivity contribution in [3.8, 4) is 11.1 Å². The Balaban J connectivity index is 0.000000182. The summed E-state index contributed by atoms with van der Waals surface area (Å²) in [5.74, 6) is 0. The van der Waals surface area contributed by atoms with Gasteiger partial charge in [0.05, 0.1) is 22.4 Å². The lowest BCUT2D eigenvalue weighted by Crippen LogP contribution is -2.43. The Hall–Kier alpha value is -6.51. The number of nitrogens with zero attached hydrogens (tertiary/aromatic N) is 3. The molecule has 10 aromatic carbocycles. The van der Waals surface area contributed by atoms with Gasteiger partial charge in [-0.15, -0.1) is 0 Å². The van der Waals surface area contributed by atoms with E-state index in [1.807, 2.05) is 0 Å². The van der Waals surface area contributed by atoms with Crippen molar-refractivity contribution in [3.05, 3.63) is 275 Å². The third kappa shape index (κ3) is 22.1. The average Bonchev–Trinajstić information content (AvgIpc) is 1.56. The average molecular weight is 1840 g/mol. The summed E-state index contributed by atoms with van der Waals surface area (Å²) in [6, 6.07) is 78.8. The summed E-state index contributed by atoms with van der Waals surface area (Å²) < 4.78 is 30.6. The van der Waals surface area contributed by atoms with Crippen LogP contribution in [-0.2, 0) is 49.7 Å². The van der Waals surface area contributed by atoms with Gasteiger partial charge in [0.15, 0.2) is 0 Å². The van der Waals surface area contributed by atoms with E-state index in [9.17, 15) is 0 Å². The molecule has 0 spiro atoms. The van der Waals surface area contributed by atoms with Crippen LogP contribution in [0.15, 0.2) is 230 Å². The molecule has 0 aromatic heterocycles. The van der Waals surface area contributed by atoms with Gasteiger partial charge in [0.25, 0.3) is 0 Å². The Bertz CT molecular complexity index is 4470. The van der Waals surface area contributed by atoms with E-state index in [1.165, 1.54) is 236 Å². The Labute approximate surface area is 744 Å². The fourth-order valence-electron chi connectivity index (χ4n) is 17.3. The maximum atomic E-state index is 6.56. The number of halogens is 4. The van der Waals surface area contributed by atoms with Crippen molar-refractivity contribution in [3.63, 3.8) is 0 Å². The highest BCUT2D eigenvalue weighted by atomic mass is 79.9. The topological polar surface area (TPSA) is 46.6 Å². The van der Waals surface area contributed by atoms with E-state index in [4.69, 9.17) is 18.6 Å². The number of hydrogen-bond acceptors (Lipinski definition) is 7. The van der Waals surface area contributed by atoms with E-state index < -0.39 is 0 Å². The van der Waals surface area contributed by atoms with Crippen molar-refractivity contribution in [2.24, 2.45) is 0 Å². The van der Waals surface area contributed by atoms with Crippen LogP contribution in [0.3, 0.4) is 0 Å². The fraction of sp³-hybridized carbons (Fsp3) is 0.429. The molecule has 118 heavy (non-hydrogen) atoms. The van der Waals surface area contributed by atoms with E-state index in [0.29, 0.717) is 0 Å². The molecule has 0 atom stereocenters. The van der Waals surface area contributed by atoms with Gasteiger partial charge in [-0.2, -0.15) is 0 Å². The summed E-state index contributed by atoms with van der Waals surface area (Å²) >= 11 is 14.5. The third-order valence-corrected chi connectivity index (χ3v) is 27.9. The van der Waals surface area contributed by atoms with E-state index in [1.54, 1.807) is 0 Å². The van der Waals surface area contributed by atoms with Crippen LogP contribution in [0.1, 0.15) is 269 Å². The molecule has 2 aliphatic heterocycles. The molecular formula is C105H129B2Br4N3O4. The molecule has 0 bridgehead atoms. The molecule has 2 fully saturated rings. The fourth-order valence-corrected chi connectivity index (χ4v) is 18.3. The van der Waals surface area contributed by atoms with E-state index in [2.05, 4.69) is 388 Å². The van der Waals surface area contributed by atoms with Gasteiger partial charge in [0, 0.05) is 74.5 Å². The van der Waals surface area contributed by atoms with Crippen LogP contribution in [0.5, 0.6) is 0 Å². The number of benzene rings is 10. The summed E-state index contributed by atoms with van der Waals surface area (Å²) in [7, 11) is -0.698. The van der Waals surface area contributed by atoms with Crippen molar-refractivity contribution in [2.45, 2.75) is 292 Å². The van der Waals surface area contributed by atoms with E-state index in [-0.39, 0.29) is 42.1 Å². The molecule has 4 aliphatic rings. The molecule has 14 rings (SSSR count). The second kappa shape index (κ2) is 41.6. The number of rotatable bonds is 35. The lowest BCUT2D eigenvalue weighted by molar-refractivity contribution is 0.00578. The van der Waals surface area contributed by atoms with Gasteiger partial charge in [-0.1, -0.05) is 273 Å². The number of hydrogen-bond donors (Lipinski definition) is 0. The smallest absolute Gasteiger partial charge is 0.399 e. The molecular weight excluding hydrogens is 1710 g/mol. The second-order valence-electron chi connectivity index (χ2n) is 35.7. The lowest BCUT2D eigenvalue weighted by atomic mass is 9.67. The summed E-state index contributed by atoms with van der Waals surface area (Å²) in [5, 5.41) is 0. The van der Waals surface area contributed by atoms with Crippen molar-refractivity contribution in [2.75, 3.05) is 14.7 Å². The van der Waals surface area contributed by atoms with Gasteiger partial charge in [-0.25, -0.2) is 0 Å². The van der Waals surface area contributed by atoms with Gasteiger partial charge >= 0.3 is 14.2 Å². The summed E-state index contributed by atoms with van der Waals surface area (Å²) in [5.41, 5.74) is 25.4. The molecule has 622 valence electrons. The number of anilines is 9. The predicted molar refractivity (Wildman–Crippen MR) is 520 cm³/mol. The highest BCUT2D eigenvalue weighted by Crippen LogP contribution is 2.58. The molecule has 0 radical (unpaired) electrons. The molecule has 13 heteroatoms. The SMILES string of the molecule is Brc1ccc(N(c2ccc(Br)cc2)c2ccc3c(c2)CC3)cc1.CCCCCCCCC1(CCCCCCCC)c2cc(N(c3ccc(C)cc3)c3ccc(Br)cc3)ccc2-c2ccc(N(c3ccc(C)cc3)c3ccc(Br)cc3)cc21.CCCCCCc1cc(B2OC(C)(C)C(C)(C)O2)c(CCCCCC)cc1B1OC(C)(C)C(C)(C)O1. The minimum atomic E-state index is -0.358. The van der Waals surface area contributed by atoms with E-state index >= 15 is 0 Å². The third-order valence-electron chi connectivity index (χ3n) is 25.8. The summed E-state index contributed by atoms with van der Waals surface area (Å²) in [6.07, 6.45) is 32.1. The molecule has 0 unspecified atom stereocenters. The van der Waals surface area contributed by atoms with Crippen LogP contribution < -0.4 is 25.6 Å².